The first-order chi connectivity index (χ1) is 11.1. The molecule has 5 nitrogen and oxygen atoms in total. The highest BCUT2D eigenvalue weighted by Crippen LogP contribution is 2.28. The number of halogens is 1. The molecule has 4 rings (SSSR count). The highest BCUT2D eigenvalue weighted by atomic mass is 35.5. The van der Waals surface area contributed by atoms with Crippen molar-refractivity contribution in [2.45, 2.75) is 6.92 Å². The molecule has 114 valence electrons. The van der Waals surface area contributed by atoms with Crippen LogP contribution in [0.4, 0.5) is 0 Å². The Balaban J connectivity index is 1.88. The third-order valence-corrected chi connectivity index (χ3v) is 4.07. The van der Waals surface area contributed by atoms with E-state index in [0.29, 0.717) is 5.02 Å². The lowest BCUT2D eigenvalue weighted by Gasteiger charge is -2.08. The highest BCUT2D eigenvalue weighted by molar-refractivity contribution is 6.35. The SMILES string of the molecule is Cc1cc(Cl)c2cccc(-n3cnc(-c4cnn(C)c4)c3)c2n1. The van der Waals surface area contributed by atoms with E-state index in [1.54, 1.807) is 17.2 Å². The summed E-state index contributed by atoms with van der Waals surface area (Å²) < 4.78 is 3.73. The van der Waals surface area contributed by atoms with E-state index >= 15 is 0 Å². The van der Waals surface area contributed by atoms with Crippen LogP contribution in [0.25, 0.3) is 27.8 Å². The Labute approximate surface area is 138 Å². The normalized spacial score (nSPS) is 11.3. The minimum Gasteiger partial charge on any atom is -0.303 e. The van der Waals surface area contributed by atoms with Gasteiger partial charge in [-0.25, -0.2) is 4.98 Å². The average Bonchev–Trinajstić information content (AvgIpc) is 3.15. The van der Waals surface area contributed by atoms with Gasteiger partial charge in [0.05, 0.1) is 34.4 Å². The number of rotatable bonds is 2. The van der Waals surface area contributed by atoms with E-state index in [0.717, 1.165) is 33.5 Å². The Kier molecular flexibility index (Phi) is 3.16. The fraction of sp³-hybridized carbons (Fsp3) is 0.118. The third-order valence-electron chi connectivity index (χ3n) is 3.76. The number of pyridine rings is 1. The zero-order valence-electron chi connectivity index (χ0n) is 12.7. The summed E-state index contributed by atoms with van der Waals surface area (Å²) in [5.41, 5.74) is 4.56. The summed E-state index contributed by atoms with van der Waals surface area (Å²) in [5.74, 6) is 0. The van der Waals surface area contributed by atoms with E-state index in [1.807, 2.05) is 55.2 Å². The molecule has 0 saturated carbocycles. The average molecular weight is 324 g/mol. The number of fused-ring (bicyclic) bond motifs is 1. The van der Waals surface area contributed by atoms with Gasteiger partial charge in [-0.1, -0.05) is 23.7 Å². The lowest BCUT2D eigenvalue weighted by atomic mass is 10.1. The van der Waals surface area contributed by atoms with Crippen molar-refractivity contribution >= 4 is 22.5 Å². The molecule has 0 saturated heterocycles. The number of hydrogen-bond acceptors (Lipinski definition) is 3. The summed E-state index contributed by atoms with van der Waals surface area (Å²) in [6, 6.07) is 7.85. The van der Waals surface area contributed by atoms with E-state index in [2.05, 4.69) is 15.1 Å². The van der Waals surface area contributed by atoms with Crippen LogP contribution < -0.4 is 0 Å². The number of aromatic nitrogens is 5. The Morgan fingerprint density at radius 2 is 2.04 bits per heavy atom. The Hall–Kier alpha value is -2.66. The highest BCUT2D eigenvalue weighted by Gasteiger charge is 2.10. The minimum absolute atomic E-state index is 0.710. The van der Waals surface area contributed by atoms with E-state index in [4.69, 9.17) is 11.6 Å². The first kappa shape index (κ1) is 14.0. The van der Waals surface area contributed by atoms with Crippen LogP contribution in [0.3, 0.4) is 0 Å². The van der Waals surface area contributed by atoms with Crippen LogP contribution >= 0.6 is 11.6 Å². The van der Waals surface area contributed by atoms with Crippen LogP contribution in [-0.2, 0) is 7.05 Å². The number of para-hydroxylation sites is 1. The topological polar surface area (TPSA) is 48.5 Å². The van der Waals surface area contributed by atoms with Crippen molar-refractivity contribution in [1.82, 2.24) is 24.3 Å². The Bertz CT molecular complexity index is 1010. The molecule has 0 unspecified atom stereocenters. The maximum Gasteiger partial charge on any atom is 0.1000 e. The maximum atomic E-state index is 6.35. The van der Waals surface area contributed by atoms with Gasteiger partial charge in [0.15, 0.2) is 0 Å². The fourth-order valence-electron chi connectivity index (χ4n) is 2.68. The van der Waals surface area contributed by atoms with E-state index in [9.17, 15) is 0 Å². The number of benzene rings is 1. The molecule has 0 N–H and O–H groups in total. The van der Waals surface area contributed by atoms with Crippen molar-refractivity contribution in [1.29, 1.82) is 0 Å². The molecule has 4 aromatic rings. The van der Waals surface area contributed by atoms with Gasteiger partial charge in [0, 0.05) is 36.1 Å². The molecule has 0 amide bonds. The van der Waals surface area contributed by atoms with Crippen LogP contribution in [0.15, 0.2) is 49.2 Å². The monoisotopic (exact) mass is 323 g/mol. The molecule has 0 radical (unpaired) electrons. The van der Waals surface area contributed by atoms with Gasteiger partial charge in [-0.3, -0.25) is 9.67 Å². The maximum absolute atomic E-state index is 6.35. The zero-order valence-corrected chi connectivity index (χ0v) is 13.5. The summed E-state index contributed by atoms with van der Waals surface area (Å²) >= 11 is 6.35. The van der Waals surface area contributed by atoms with E-state index in [1.165, 1.54) is 0 Å². The fourth-order valence-corrected chi connectivity index (χ4v) is 2.99. The van der Waals surface area contributed by atoms with Crippen molar-refractivity contribution in [2.75, 3.05) is 0 Å². The molecular formula is C17H14ClN5. The van der Waals surface area contributed by atoms with Crippen molar-refractivity contribution in [2.24, 2.45) is 7.05 Å². The molecule has 6 heteroatoms. The number of aryl methyl sites for hydroxylation is 2. The molecule has 0 aliphatic rings. The molecule has 1 aromatic carbocycles. The van der Waals surface area contributed by atoms with Crippen LogP contribution in [0.1, 0.15) is 5.69 Å². The smallest absolute Gasteiger partial charge is 0.1000 e. The standard InChI is InChI=1S/C17H14ClN5/c1-11-6-14(18)13-4-3-5-16(17(13)21-11)23-9-15(19-10-23)12-7-20-22(2)8-12/h3-10H,1-2H3. The summed E-state index contributed by atoms with van der Waals surface area (Å²) in [4.78, 5) is 9.13. The largest absolute Gasteiger partial charge is 0.303 e. The van der Waals surface area contributed by atoms with Crippen LogP contribution in [-0.4, -0.2) is 24.3 Å². The Morgan fingerprint density at radius 3 is 2.83 bits per heavy atom. The molecule has 3 aromatic heterocycles. The van der Waals surface area contributed by atoms with Crippen molar-refractivity contribution in [3.8, 4) is 16.9 Å². The number of hydrogen-bond donors (Lipinski definition) is 0. The summed E-state index contributed by atoms with van der Waals surface area (Å²) in [6.07, 6.45) is 7.50. The van der Waals surface area contributed by atoms with Gasteiger partial charge in [-0.2, -0.15) is 5.10 Å². The first-order valence-electron chi connectivity index (χ1n) is 7.21. The molecule has 3 heterocycles. The summed E-state index contributed by atoms with van der Waals surface area (Å²) in [6.45, 7) is 1.94. The number of nitrogens with zero attached hydrogens (tertiary/aromatic N) is 5. The Morgan fingerprint density at radius 1 is 1.17 bits per heavy atom. The lowest BCUT2D eigenvalue weighted by Crippen LogP contribution is -1.95. The molecule has 0 aliphatic carbocycles. The molecule has 0 fully saturated rings. The lowest BCUT2D eigenvalue weighted by molar-refractivity contribution is 0.768. The zero-order chi connectivity index (χ0) is 16.0. The predicted octanol–water partition coefficient (Wildman–Crippen LogP) is 3.78. The molecule has 0 spiro atoms. The van der Waals surface area contributed by atoms with E-state index in [-0.39, 0.29) is 0 Å². The molecule has 0 atom stereocenters. The molecular weight excluding hydrogens is 310 g/mol. The number of imidazole rings is 1. The van der Waals surface area contributed by atoms with Crippen LogP contribution in [0.2, 0.25) is 5.02 Å². The van der Waals surface area contributed by atoms with E-state index < -0.39 is 0 Å². The minimum atomic E-state index is 0.710. The summed E-state index contributed by atoms with van der Waals surface area (Å²) in [5, 5.41) is 5.83. The summed E-state index contributed by atoms with van der Waals surface area (Å²) in [7, 11) is 1.89. The van der Waals surface area contributed by atoms with Crippen molar-refractivity contribution in [3.63, 3.8) is 0 Å². The van der Waals surface area contributed by atoms with Gasteiger partial charge < -0.3 is 4.57 Å². The predicted molar refractivity (Wildman–Crippen MR) is 90.8 cm³/mol. The second-order valence-corrected chi connectivity index (χ2v) is 5.89. The molecule has 0 aliphatic heterocycles. The van der Waals surface area contributed by atoms with Gasteiger partial charge in [-0.05, 0) is 19.1 Å². The van der Waals surface area contributed by atoms with Crippen molar-refractivity contribution in [3.05, 3.63) is 59.9 Å². The molecule has 0 bridgehead atoms. The van der Waals surface area contributed by atoms with Crippen LogP contribution in [0.5, 0.6) is 0 Å². The van der Waals surface area contributed by atoms with Gasteiger partial charge >= 0.3 is 0 Å². The van der Waals surface area contributed by atoms with Gasteiger partial charge in [0.2, 0.25) is 0 Å². The second kappa shape index (κ2) is 5.21. The second-order valence-electron chi connectivity index (χ2n) is 5.49. The van der Waals surface area contributed by atoms with Crippen LogP contribution in [0, 0.1) is 6.92 Å². The van der Waals surface area contributed by atoms with Gasteiger partial charge in [0.1, 0.15) is 0 Å². The third kappa shape index (κ3) is 2.39. The first-order valence-corrected chi connectivity index (χ1v) is 7.59. The molecule has 23 heavy (non-hydrogen) atoms. The van der Waals surface area contributed by atoms with Crippen molar-refractivity contribution < 1.29 is 0 Å². The quantitative estimate of drug-likeness (QED) is 0.564. The van der Waals surface area contributed by atoms with Gasteiger partial charge in [-0.15, -0.1) is 0 Å². The van der Waals surface area contributed by atoms with Gasteiger partial charge in [0.25, 0.3) is 0 Å².